The number of amides is 2. The lowest BCUT2D eigenvalue weighted by molar-refractivity contribution is 0.115. The van der Waals surface area contributed by atoms with Gasteiger partial charge in [-0.3, -0.25) is 0 Å². The second-order valence-electron chi connectivity index (χ2n) is 5.97. The average molecular weight is 300 g/mol. The lowest BCUT2D eigenvalue weighted by Crippen LogP contribution is -2.47. The van der Waals surface area contributed by atoms with Crippen LogP contribution in [-0.4, -0.2) is 52.3 Å². The number of rotatable bonds is 3. The van der Waals surface area contributed by atoms with Crippen LogP contribution < -0.4 is 5.32 Å². The molecule has 2 amide bonds. The topological polar surface area (TPSA) is 52.6 Å². The highest BCUT2D eigenvalue weighted by atomic mass is 32.2. The molecule has 1 aliphatic carbocycles. The number of thioether (sulfide) groups is 1. The van der Waals surface area contributed by atoms with Crippen molar-refractivity contribution >= 4 is 17.8 Å². The van der Waals surface area contributed by atoms with E-state index >= 15 is 0 Å². The van der Waals surface area contributed by atoms with E-state index in [1.165, 1.54) is 12.8 Å². The maximum atomic E-state index is 12.4. The van der Waals surface area contributed by atoms with E-state index in [4.69, 9.17) is 0 Å². The maximum Gasteiger partial charge on any atom is 0.317 e. The Labute approximate surface area is 126 Å². The Bertz CT molecular complexity index is 306. The summed E-state index contributed by atoms with van der Waals surface area (Å²) >= 11 is 1.98. The summed E-state index contributed by atoms with van der Waals surface area (Å²) in [6.45, 7) is 3.97. The molecule has 0 aromatic carbocycles. The molecule has 2 N–H and O–H groups in total. The fourth-order valence-electron chi connectivity index (χ4n) is 3.15. The Hall–Kier alpha value is -0.420. The van der Waals surface area contributed by atoms with Gasteiger partial charge in [-0.1, -0.05) is 13.3 Å². The highest BCUT2D eigenvalue weighted by Crippen LogP contribution is 2.23. The number of urea groups is 1. The molecule has 1 unspecified atom stereocenters. The van der Waals surface area contributed by atoms with Crippen LogP contribution in [0.4, 0.5) is 4.79 Å². The van der Waals surface area contributed by atoms with Gasteiger partial charge in [0.25, 0.3) is 0 Å². The Balaban J connectivity index is 1.80. The van der Waals surface area contributed by atoms with E-state index in [0.29, 0.717) is 5.25 Å². The normalized spacial score (nSPS) is 31.7. The van der Waals surface area contributed by atoms with Gasteiger partial charge in [0, 0.05) is 24.4 Å². The Kier molecular flexibility index (Phi) is 6.49. The van der Waals surface area contributed by atoms with Crippen LogP contribution in [0.3, 0.4) is 0 Å². The zero-order valence-corrected chi connectivity index (χ0v) is 13.3. The Morgan fingerprint density at radius 2 is 2.00 bits per heavy atom. The lowest BCUT2D eigenvalue weighted by atomic mass is 9.93. The molecule has 2 aliphatic rings. The van der Waals surface area contributed by atoms with Crippen molar-refractivity contribution < 1.29 is 9.90 Å². The van der Waals surface area contributed by atoms with Crippen molar-refractivity contribution in [2.45, 2.75) is 69.3 Å². The number of aliphatic hydroxyl groups is 1. The number of carbonyl (C=O) groups is 1. The number of nitrogens with one attached hydrogen (secondary N) is 1. The summed E-state index contributed by atoms with van der Waals surface area (Å²) in [7, 11) is 0. The van der Waals surface area contributed by atoms with E-state index in [0.717, 1.165) is 50.9 Å². The second kappa shape index (κ2) is 8.13. The van der Waals surface area contributed by atoms with Crippen LogP contribution in [0.5, 0.6) is 0 Å². The summed E-state index contributed by atoms with van der Waals surface area (Å²) in [5, 5.41) is 13.3. The van der Waals surface area contributed by atoms with Crippen LogP contribution in [0.2, 0.25) is 0 Å². The van der Waals surface area contributed by atoms with Crippen molar-refractivity contribution in [2.24, 2.45) is 0 Å². The molecule has 5 heteroatoms. The van der Waals surface area contributed by atoms with Crippen molar-refractivity contribution in [3.05, 3.63) is 0 Å². The monoisotopic (exact) mass is 300 g/mol. The molecule has 4 nitrogen and oxygen atoms in total. The summed E-state index contributed by atoms with van der Waals surface area (Å²) in [4.78, 5) is 14.4. The Morgan fingerprint density at radius 3 is 2.70 bits per heavy atom. The van der Waals surface area contributed by atoms with Gasteiger partial charge in [-0.05, 0) is 44.3 Å². The second-order valence-corrected chi connectivity index (χ2v) is 7.55. The van der Waals surface area contributed by atoms with Crippen molar-refractivity contribution in [1.82, 2.24) is 10.2 Å². The third kappa shape index (κ3) is 4.85. The van der Waals surface area contributed by atoms with Gasteiger partial charge in [-0.25, -0.2) is 4.79 Å². The molecule has 0 bridgehead atoms. The number of nitrogens with zero attached hydrogens (tertiary/aromatic N) is 1. The largest absolute Gasteiger partial charge is 0.393 e. The third-order valence-corrected chi connectivity index (χ3v) is 5.53. The van der Waals surface area contributed by atoms with Crippen LogP contribution in [0.25, 0.3) is 0 Å². The van der Waals surface area contributed by atoms with Crippen molar-refractivity contribution in [2.75, 3.05) is 18.8 Å². The molecule has 0 aromatic heterocycles. The van der Waals surface area contributed by atoms with E-state index in [1.54, 1.807) is 0 Å². The van der Waals surface area contributed by atoms with Gasteiger partial charge in [0.2, 0.25) is 0 Å². The summed E-state index contributed by atoms with van der Waals surface area (Å²) < 4.78 is 0. The molecule has 1 aliphatic heterocycles. The first-order valence-electron chi connectivity index (χ1n) is 8.04. The molecule has 1 saturated carbocycles. The molecule has 1 atom stereocenters. The van der Waals surface area contributed by atoms with E-state index < -0.39 is 0 Å². The number of hydrogen-bond acceptors (Lipinski definition) is 3. The summed E-state index contributed by atoms with van der Waals surface area (Å²) in [5.74, 6) is 1.13. The molecule has 0 aromatic rings. The number of carbonyl (C=O) groups excluding carboxylic acids is 1. The predicted molar refractivity (Wildman–Crippen MR) is 84.1 cm³/mol. The quantitative estimate of drug-likeness (QED) is 0.842. The minimum Gasteiger partial charge on any atom is -0.393 e. The van der Waals surface area contributed by atoms with Crippen LogP contribution in [-0.2, 0) is 0 Å². The first-order valence-corrected chi connectivity index (χ1v) is 9.09. The highest BCUT2D eigenvalue weighted by molar-refractivity contribution is 7.99. The van der Waals surface area contributed by atoms with Gasteiger partial charge in [0.1, 0.15) is 0 Å². The Morgan fingerprint density at radius 1 is 1.25 bits per heavy atom. The first kappa shape index (κ1) is 16.0. The minimum absolute atomic E-state index is 0.106. The van der Waals surface area contributed by atoms with Crippen molar-refractivity contribution in [1.29, 1.82) is 0 Å². The number of aliphatic hydroxyl groups excluding tert-OH is 1. The number of hydrogen-bond donors (Lipinski definition) is 2. The number of likely N-dealkylation sites (tertiary alicyclic amines) is 1. The van der Waals surface area contributed by atoms with Gasteiger partial charge in [0.05, 0.1) is 6.10 Å². The van der Waals surface area contributed by atoms with Crippen molar-refractivity contribution in [3.63, 3.8) is 0 Å². The molecule has 2 fully saturated rings. The molecule has 116 valence electrons. The van der Waals surface area contributed by atoms with Gasteiger partial charge in [-0.15, -0.1) is 0 Å². The molecule has 1 heterocycles. The maximum absolute atomic E-state index is 12.4. The van der Waals surface area contributed by atoms with Gasteiger partial charge >= 0.3 is 6.03 Å². The third-order valence-electron chi connectivity index (χ3n) is 4.34. The minimum atomic E-state index is -0.160. The van der Waals surface area contributed by atoms with Gasteiger partial charge in [0.15, 0.2) is 0 Å². The van der Waals surface area contributed by atoms with Gasteiger partial charge < -0.3 is 15.3 Å². The zero-order valence-electron chi connectivity index (χ0n) is 12.5. The first-order chi connectivity index (χ1) is 9.69. The average Bonchev–Trinajstić information content (AvgIpc) is 2.67. The zero-order chi connectivity index (χ0) is 14.4. The smallest absolute Gasteiger partial charge is 0.317 e. The fourth-order valence-corrected chi connectivity index (χ4v) is 4.24. The molecular weight excluding hydrogens is 272 g/mol. The molecule has 2 rings (SSSR count). The van der Waals surface area contributed by atoms with Gasteiger partial charge in [-0.2, -0.15) is 11.8 Å². The predicted octanol–water partition coefficient (Wildman–Crippen LogP) is 2.61. The molecular formula is C15H28N2O2S. The van der Waals surface area contributed by atoms with Crippen LogP contribution in [0.1, 0.15) is 51.9 Å². The van der Waals surface area contributed by atoms with Crippen LogP contribution >= 0.6 is 11.8 Å². The van der Waals surface area contributed by atoms with E-state index in [9.17, 15) is 9.90 Å². The molecule has 1 saturated heterocycles. The summed E-state index contributed by atoms with van der Waals surface area (Å²) in [5.41, 5.74) is 0. The lowest BCUT2D eigenvalue weighted by Gasteiger charge is -2.30. The summed E-state index contributed by atoms with van der Waals surface area (Å²) in [6.07, 6.45) is 6.89. The molecule has 20 heavy (non-hydrogen) atoms. The molecule has 0 radical (unpaired) electrons. The van der Waals surface area contributed by atoms with Crippen molar-refractivity contribution in [3.8, 4) is 0 Å². The standard InChI is InChI=1S/C15H28N2O2S/c1-2-20-14-5-3-4-10-17(11-14)15(19)16-12-6-8-13(18)9-7-12/h12-14,18H,2-11H2,1H3,(H,16,19). The summed E-state index contributed by atoms with van der Waals surface area (Å²) in [6, 6.07) is 0.362. The van der Waals surface area contributed by atoms with E-state index in [-0.39, 0.29) is 18.2 Å². The van der Waals surface area contributed by atoms with Crippen LogP contribution in [0.15, 0.2) is 0 Å². The SMILES string of the molecule is CCSC1CCCCN(C(=O)NC2CCC(O)CC2)C1. The fraction of sp³-hybridized carbons (Fsp3) is 0.933. The van der Waals surface area contributed by atoms with E-state index in [2.05, 4.69) is 12.2 Å². The van der Waals surface area contributed by atoms with E-state index in [1.807, 2.05) is 16.7 Å². The van der Waals surface area contributed by atoms with Crippen LogP contribution in [0, 0.1) is 0 Å². The molecule has 0 spiro atoms. The highest BCUT2D eigenvalue weighted by Gasteiger charge is 2.25.